The van der Waals surface area contributed by atoms with Crippen LogP contribution in [0.3, 0.4) is 0 Å². The molecule has 0 saturated heterocycles. The summed E-state index contributed by atoms with van der Waals surface area (Å²) < 4.78 is 0. The van der Waals surface area contributed by atoms with E-state index in [1.165, 1.54) is 16.0 Å². The van der Waals surface area contributed by atoms with Gasteiger partial charge in [0.05, 0.1) is 0 Å². The highest BCUT2D eigenvalue weighted by molar-refractivity contribution is 7.99. The monoisotopic (exact) mass is 289 g/mol. The first-order chi connectivity index (χ1) is 9.65. The van der Waals surface area contributed by atoms with Gasteiger partial charge in [-0.3, -0.25) is 4.79 Å². The average molecular weight is 289 g/mol. The highest BCUT2D eigenvalue weighted by Crippen LogP contribution is 2.21. The van der Waals surface area contributed by atoms with E-state index in [9.17, 15) is 4.79 Å². The fourth-order valence-corrected chi connectivity index (χ4v) is 3.20. The number of hydrogen-bond acceptors (Lipinski definition) is 2. The molecule has 3 heteroatoms. The Kier molecular flexibility index (Phi) is 5.72. The third-order valence-electron chi connectivity index (χ3n) is 3.73. The summed E-state index contributed by atoms with van der Waals surface area (Å²) in [6.45, 7) is 5.00. The minimum Gasteiger partial charge on any atom is -0.355 e. The Morgan fingerprint density at radius 1 is 1.35 bits per heavy atom. The number of carbonyl (C=O) groups excluding carboxylic acids is 1. The van der Waals surface area contributed by atoms with Crippen LogP contribution in [0.1, 0.15) is 30.4 Å². The standard InChI is InChI=1S/C17H23NOS/c1-13-7-8-16(11-14(13)2)20-10-9-18-17(19)12-15-5-3-4-6-15/h3,5,7-8,11,15H,4,6,9-10,12H2,1-2H3,(H,18,19). The number of amides is 1. The third kappa shape index (κ3) is 4.71. The zero-order valence-corrected chi connectivity index (χ0v) is 13.1. The lowest BCUT2D eigenvalue weighted by Gasteiger charge is -2.09. The molecule has 1 N–H and O–H groups in total. The van der Waals surface area contributed by atoms with E-state index >= 15 is 0 Å². The first-order valence-electron chi connectivity index (χ1n) is 7.28. The lowest BCUT2D eigenvalue weighted by atomic mass is 10.1. The molecule has 1 aliphatic rings. The van der Waals surface area contributed by atoms with Crippen molar-refractivity contribution in [3.63, 3.8) is 0 Å². The van der Waals surface area contributed by atoms with Gasteiger partial charge in [-0.05, 0) is 55.9 Å². The molecule has 0 aliphatic heterocycles. The van der Waals surface area contributed by atoms with Gasteiger partial charge >= 0.3 is 0 Å². The minimum absolute atomic E-state index is 0.183. The molecule has 20 heavy (non-hydrogen) atoms. The van der Waals surface area contributed by atoms with Crippen molar-refractivity contribution in [2.24, 2.45) is 5.92 Å². The molecule has 2 nitrogen and oxygen atoms in total. The van der Waals surface area contributed by atoms with E-state index in [4.69, 9.17) is 0 Å². The molecule has 2 rings (SSSR count). The number of nitrogens with one attached hydrogen (secondary N) is 1. The summed E-state index contributed by atoms with van der Waals surface area (Å²) in [6.07, 6.45) is 7.24. The van der Waals surface area contributed by atoms with Crippen molar-refractivity contribution < 1.29 is 4.79 Å². The SMILES string of the molecule is Cc1ccc(SCCNC(=O)CC2C=CCC2)cc1C. The summed E-state index contributed by atoms with van der Waals surface area (Å²) in [5.41, 5.74) is 2.65. The van der Waals surface area contributed by atoms with E-state index in [2.05, 4.69) is 49.5 Å². The first-order valence-corrected chi connectivity index (χ1v) is 8.27. The van der Waals surface area contributed by atoms with Crippen LogP contribution in [0.15, 0.2) is 35.2 Å². The van der Waals surface area contributed by atoms with E-state index in [1.807, 2.05) is 0 Å². The number of carbonyl (C=O) groups is 1. The zero-order chi connectivity index (χ0) is 14.4. The molecule has 1 unspecified atom stereocenters. The molecule has 1 atom stereocenters. The molecule has 108 valence electrons. The topological polar surface area (TPSA) is 29.1 Å². The molecular formula is C17H23NOS. The number of thioether (sulfide) groups is 1. The highest BCUT2D eigenvalue weighted by Gasteiger charge is 2.13. The highest BCUT2D eigenvalue weighted by atomic mass is 32.2. The second-order valence-corrected chi connectivity index (χ2v) is 6.58. The summed E-state index contributed by atoms with van der Waals surface area (Å²) in [5.74, 6) is 1.57. The molecule has 0 fully saturated rings. The zero-order valence-electron chi connectivity index (χ0n) is 12.3. The van der Waals surface area contributed by atoms with Crippen molar-refractivity contribution in [1.82, 2.24) is 5.32 Å². The Morgan fingerprint density at radius 2 is 2.20 bits per heavy atom. The number of benzene rings is 1. The quantitative estimate of drug-likeness (QED) is 0.489. The van der Waals surface area contributed by atoms with Gasteiger partial charge in [-0.2, -0.15) is 0 Å². The number of rotatable bonds is 6. The second kappa shape index (κ2) is 7.53. The maximum absolute atomic E-state index is 11.8. The Hall–Kier alpha value is -1.22. The van der Waals surface area contributed by atoms with Gasteiger partial charge < -0.3 is 5.32 Å². The lowest BCUT2D eigenvalue weighted by molar-refractivity contribution is -0.121. The molecular weight excluding hydrogens is 266 g/mol. The molecule has 0 aromatic heterocycles. The Labute approximate surface area is 126 Å². The minimum atomic E-state index is 0.183. The van der Waals surface area contributed by atoms with Crippen LogP contribution in [0.25, 0.3) is 0 Å². The van der Waals surface area contributed by atoms with Gasteiger partial charge in [-0.15, -0.1) is 11.8 Å². The van der Waals surface area contributed by atoms with Gasteiger partial charge in [-0.25, -0.2) is 0 Å². The van der Waals surface area contributed by atoms with Crippen LogP contribution >= 0.6 is 11.8 Å². The molecule has 0 radical (unpaired) electrons. The van der Waals surface area contributed by atoms with Crippen LogP contribution in [0.5, 0.6) is 0 Å². The molecule has 0 heterocycles. The maximum Gasteiger partial charge on any atom is 0.220 e. The average Bonchev–Trinajstić information content (AvgIpc) is 2.91. The number of allylic oxidation sites excluding steroid dienone is 2. The van der Waals surface area contributed by atoms with Gasteiger partial charge in [0.1, 0.15) is 0 Å². The lowest BCUT2D eigenvalue weighted by Crippen LogP contribution is -2.27. The molecule has 1 aliphatic carbocycles. The van der Waals surface area contributed by atoms with Gasteiger partial charge in [0.2, 0.25) is 5.91 Å². The molecule has 1 amide bonds. The van der Waals surface area contributed by atoms with E-state index < -0.39 is 0 Å². The van der Waals surface area contributed by atoms with Crippen molar-refractivity contribution in [1.29, 1.82) is 0 Å². The predicted molar refractivity (Wildman–Crippen MR) is 86.1 cm³/mol. The Morgan fingerprint density at radius 3 is 2.90 bits per heavy atom. The Balaban J connectivity index is 1.64. The summed E-state index contributed by atoms with van der Waals surface area (Å²) >= 11 is 1.80. The summed E-state index contributed by atoms with van der Waals surface area (Å²) in [7, 11) is 0. The largest absolute Gasteiger partial charge is 0.355 e. The second-order valence-electron chi connectivity index (χ2n) is 5.41. The fourth-order valence-electron chi connectivity index (χ4n) is 2.34. The van der Waals surface area contributed by atoms with E-state index in [1.54, 1.807) is 11.8 Å². The molecule has 1 aromatic carbocycles. The smallest absolute Gasteiger partial charge is 0.220 e. The normalized spacial score (nSPS) is 17.4. The molecule has 0 saturated carbocycles. The summed E-state index contributed by atoms with van der Waals surface area (Å²) in [6, 6.07) is 6.52. The van der Waals surface area contributed by atoms with Crippen molar-refractivity contribution in [2.45, 2.75) is 38.0 Å². The van der Waals surface area contributed by atoms with Gasteiger partial charge in [-0.1, -0.05) is 18.2 Å². The van der Waals surface area contributed by atoms with Crippen LogP contribution in [-0.2, 0) is 4.79 Å². The van der Waals surface area contributed by atoms with E-state index in [0.717, 1.165) is 25.1 Å². The van der Waals surface area contributed by atoms with Crippen molar-refractivity contribution in [3.05, 3.63) is 41.5 Å². The number of hydrogen-bond donors (Lipinski definition) is 1. The molecule has 0 spiro atoms. The maximum atomic E-state index is 11.8. The summed E-state index contributed by atoms with van der Waals surface area (Å²) in [4.78, 5) is 13.0. The van der Waals surface area contributed by atoms with Crippen molar-refractivity contribution in [2.75, 3.05) is 12.3 Å². The predicted octanol–water partition coefficient (Wildman–Crippen LogP) is 3.87. The van der Waals surface area contributed by atoms with Crippen LogP contribution in [0, 0.1) is 19.8 Å². The van der Waals surface area contributed by atoms with Crippen LogP contribution in [0.4, 0.5) is 0 Å². The Bertz CT molecular complexity index is 496. The third-order valence-corrected chi connectivity index (χ3v) is 4.73. The number of aryl methyl sites for hydroxylation is 2. The van der Waals surface area contributed by atoms with Gasteiger partial charge in [0.25, 0.3) is 0 Å². The van der Waals surface area contributed by atoms with E-state index in [-0.39, 0.29) is 5.91 Å². The first kappa shape index (κ1) is 15.2. The molecule has 0 bridgehead atoms. The van der Waals surface area contributed by atoms with E-state index in [0.29, 0.717) is 12.3 Å². The van der Waals surface area contributed by atoms with Crippen LogP contribution in [-0.4, -0.2) is 18.2 Å². The van der Waals surface area contributed by atoms with Gasteiger partial charge in [0.15, 0.2) is 0 Å². The van der Waals surface area contributed by atoms with Gasteiger partial charge in [0, 0.05) is 23.6 Å². The van der Waals surface area contributed by atoms with Crippen molar-refractivity contribution >= 4 is 17.7 Å². The summed E-state index contributed by atoms with van der Waals surface area (Å²) in [5, 5.41) is 3.01. The van der Waals surface area contributed by atoms with Crippen LogP contribution < -0.4 is 5.32 Å². The van der Waals surface area contributed by atoms with Crippen LogP contribution in [0.2, 0.25) is 0 Å². The molecule has 1 aromatic rings. The fraction of sp³-hybridized carbons (Fsp3) is 0.471. The van der Waals surface area contributed by atoms with Crippen molar-refractivity contribution in [3.8, 4) is 0 Å².